The number of methoxy groups -OCH3 is 2. The van der Waals surface area contributed by atoms with Crippen LogP contribution in [0.3, 0.4) is 0 Å². The molecule has 0 fully saturated rings. The van der Waals surface area contributed by atoms with Crippen LogP contribution in [0.15, 0.2) is 15.2 Å². The maximum Gasteiger partial charge on any atom is 0.328 e. The van der Waals surface area contributed by atoms with E-state index in [1.807, 2.05) is 0 Å². The fourth-order valence-electron chi connectivity index (χ4n) is 1.43. The molecule has 1 amide bonds. The van der Waals surface area contributed by atoms with E-state index in [1.165, 1.54) is 25.6 Å². The topological polar surface area (TPSA) is 81.7 Å². The lowest BCUT2D eigenvalue weighted by Crippen LogP contribution is -2.41. The lowest BCUT2D eigenvalue weighted by molar-refractivity contribution is -0.144. The van der Waals surface area contributed by atoms with Crippen LogP contribution in [-0.2, 0) is 19.1 Å². The highest BCUT2D eigenvalue weighted by atomic mass is 79.9. The number of amides is 1. The Labute approximate surface area is 128 Å². The molecule has 1 atom stereocenters. The monoisotopic (exact) mass is 363 g/mol. The first-order chi connectivity index (χ1) is 9.47. The van der Waals surface area contributed by atoms with E-state index >= 15 is 0 Å². The quantitative estimate of drug-likeness (QED) is 0.778. The fraction of sp³-hybridized carbons (Fsp3) is 0.417. The lowest BCUT2D eigenvalue weighted by atomic mass is 10.1. The van der Waals surface area contributed by atoms with Gasteiger partial charge in [-0.05, 0) is 28.4 Å². The van der Waals surface area contributed by atoms with Crippen LogP contribution in [0.4, 0.5) is 0 Å². The van der Waals surface area contributed by atoms with Crippen molar-refractivity contribution in [2.45, 2.75) is 18.9 Å². The lowest BCUT2D eigenvalue weighted by Gasteiger charge is -2.15. The number of rotatable bonds is 6. The largest absolute Gasteiger partial charge is 0.469 e. The van der Waals surface area contributed by atoms with E-state index in [2.05, 4.69) is 30.7 Å². The standard InChI is InChI=1S/C12H14BrNO5S/c1-18-10(15)4-3-8(12(17)19-2)14-11(16)7-5-9(13)20-6-7/h5-6,8H,3-4H2,1-2H3,(H,14,16)/t8-/m0/s1. The molecule has 0 aliphatic heterocycles. The van der Waals surface area contributed by atoms with E-state index in [-0.39, 0.29) is 12.8 Å². The van der Waals surface area contributed by atoms with Gasteiger partial charge in [0.15, 0.2) is 0 Å². The van der Waals surface area contributed by atoms with Gasteiger partial charge in [-0.2, -0.15) is 0 Å². The number of hydrogen-bond donors (Lipinski definition) is 1. The van der Waals surface area contributed by atoms with Gasteiger partial charge in [0, 0.05) is 11.8 Å². The van der Waals surface area contributed by atoms with Crippen molar-refractivity contribution in [3.05, 3.63) is 20.8 Å². The van der Waals surface area contributed by atoms with Gasteiger partial charge in [-0.1, -0.05) is 0 Å². The summed E-state index contributed by atoms with van der Waals surface area (Å²) in [7, 11) is 2.48. The summed E-state index contributed by atoms with van der Waals surface area (Å²) in [5.41, 5.74) is 0.439. The minimum absolute atomic E-state index is 0.0177. The number of hydrogen-bond acceptors (Lipinski definition) is 6. The van der Waals surface area contributed by atoms with Crippen LogP contribution in [0.5, 0.6) is 0 Å². The average molecular weight is 364 g/mol. The number of thiophene rings is 1. The van der Waals surface area contributed by atoms with Gasteiger partial charge >= 0.3 is 11.9 Å². The smallest absolute Gasteiger partial charge is 0.328 e. The molecule has 0 saturated carbocycles. The van der Waals surface area contributed by atoms with Crippen molar-refractivity contribution in [2.75, 3.05) is 14.2 Å². The second-order valence-electron chi connectivity index (χ2n) is 3.80. The van der Waals surface area contributed by atoms with E-state index in [0.717, 1.165) is 3.79 Å². The zero-order chi connectivity index (χ0) is 15.1. The summed E-state index contributed by atoms with van der Waals surface area (Å²) in [5.74, 6) is -1.45. The molecule has 20 heavy (non-hydrogen) atoms. The third-order valence-corrected chi connectivity index (χ3v) is 3.99. The molecule has 1 rings (SSSR count). The van der Waals surface area contributed by atoms with Crippen LogP contribution in [0.25, 0.3) is 0 Å². The van der Waals surface area contributed by atoms with E-state index in [0.29, 0.717) is 5.56 Å². The molecule has 0 aromatic carbocycles. The molecular weight excluding hydrogens is 350 g/mol. The zero-order valence-electron chi connectivity index (χ0n) is 11.0. The van der Waals surface area contributed by atoms with Gasteiger partial charge < -0.3 is 14.8 Å². The molecule has 110 valence electrons. The summed E-state index contributed by atoms with van der Waals surface area (Å²) in [5, 5.41) is 4.20. The highest BCUT2D eigenvalue weighted by Crippen LogP contribution is 2.20. The first-order valence-electron chi connectivity index (χ1n) is 5.67. The third-order valence-electron chi connectivity index (χ3n) is 2.49. The average Bonchev–Trinajstić information content (AvgIpc) is 2.88. The maximum absolute atomic E-state index is 12.0. The molecule has 0 saturated heterocycles. The molecule has 8 heteroatoms. The Morgan fingerprint density at radius 1 is 1.35 bits per heavy atom. The van der Waals surface area contributed by atoms with Gasteiger partial charge in [0.25, 0.3) is 5.91 Å². The van der Waals surface area contributed by atoms with Crippen LogP contribution in [0, 0.1) is 0 Å². The van der Waals surface area contributed by atoms with Crippen molar-refractivity contribution in [2.24, 2.45) is 0 Å². The van der Waals surface area contributed by atoms with Crippen LogP contribution in [0.1, 0.15) is 23.2 Å². The molecular formula is C12H14BrNO5S. The Morgan fingerprint density at radius 2 is 2.05 bits per heavy atom. The van der Waals surface area contributed by atoms with Crippen LogP contribution in [-0.4, -0.2) is 38.1 Å². The highest BCUT2D eigenvalue weighted by Gasteiger charge is 2.23. The molecule has 0 radical (unpaired) electrons. The van der Waals surface area contributed by atoms with Crippen LogP contribution < -0.4 is 5.32 Å². The van der Waals surface area contributed by atoms with Crippen LogP contribution in [0.2, 0.25) is 0 Å². The normalized spacial score (nSPS) is 11.6. The molecule has 0 bridgehead atoms. The van der Waals surface area contributed by atoms with Gasteiger partial charge in [-0.15, -0.1) is 11.3 Å². The van der Waals surface area contributed by atoms with E-state index in [1.54, 1.807) is 11.4 Å². The second-order valence-corrected chi connectivity index (χ2v) is 6.09. The van der Waals surface area contributed by atoms with E-state index in [9.17, 15) is 14.4 Å². The van der Waals surface area contributed by atoms with Crippen molar-refractivity contribution in [3.63, 3.8) is 0 Å². The summed E-state index contributed by atoms with van der Waals surface area (Å²) in [4.78, 5) is 34.6. The van der Waals surface area contributed by atoms with Gasteiger partial charge in [0.1, 0.15) is 6.04 Å². The summed E-state index contributed by atoms with van der Waals surface area (Å²) in [6.45, 7) is 0. The number of carbonyl (C=O) groups is 3. The number of esters is 2. The molecule has 1 N–H and O–H groups in total. The molecule has 1 heterocycles. The number of nitrogens with one attached hydrogen (secondary N) is 1. The fourth-order valence-corrected chi connectivity index (χ4v) is 2.56. The molecule has 1 aromatic rings. The Bertz CT molecular complexity index is 502. The Hall–Kier alpha value is -1.41. The highest BCUT2D eigenvalue weighted by molar-refractivity contribution is 9.11. The van der Waals surface area contributed by atoms with Crippen molar-refractivity contribution in [1.82, 2.24) is 5.32 Å². The van der Waals surface area contributed by atoms with Gasteiger partial charge in [-0.25, -0.2) is 4.79 Å². The maximum atomic E-state index is 12.0. The SMILES string of the molecule is COC(=O)CC[C@H](NC(=O)c1csc(Br)c1)C(=O)OC. The van der Waals surface area contributed by atoms with Crippen molar-refractivity contribution in [1.29, 1.82) is 0 Å². The summed E-state index contributed by atoms with van der Waals surface area (Å²) in [6, 6.07) is 0.763. The van der Waals surface area contributed by atoms with Crippen LogP contribution >= 0.6 is 27.3 Å². The Morgan fingerprint density at radius 3 is 2.55 bits per heavy atom. The first kappa shape index (κ1) is 16.6. The molecule has 6 nitrogen and oxygen atoms in total. The van der Waals surface area contributed by atoms with Crippen molar-refractivity contribution < 1.29 is 23.9 Å². The van der Waals surface area contributed by atoms with E-state index in [4.69, 9.17) is 0 Å². The minimum Gasteiger partial charge on any atom is -0.469 e. The predicted molar refractivity (Wildman–Crippen MR) is 76.5 cm³/mol. The Kier molecular flexibility index (Phi) is 6.66. The summed E-state index contributed by atoms with van der Waals surface area (Å²) >= 11 is 4.62. The number of ether oxygens (including phenoxy) is 2. The van der Waals surface area contributed by atoms with Gasteiger partial charge in [-0.3, -0.25) is 9.59 Å². The molecule has 1 aromatic heterocycles. The Balaban J connectivity index is 2.66. The molecule has 0 aliphatic rings. The molecule has 0 aliphatic carbocycles. The van der Waals surface area contributed by atoms with Crippen molar-refractivity contribution in [3.8, 4) is 0 Å². The first-order valence-corrected chi connectivity index (χ1v) is 7.34. The summed E-state index contributed by atoms with van der Waals surface area (Å²) in [6.07, 6.45) is 0.139. The second kappa shape index (κ2) is 8.01. The molecule has 0 spiro atoms. The molecule has 0 unspecified atom stereocenters. The predicted octanol–water partition coefficient (Wildman–Crippen LogP) is 1.74. The van der Waals surface area contributed by atoms with Crippen molar-refractivity contribution >= 4 is 45.1 Å². The number of carbonyl (C=O) groups excluding carboxylic acids is 3. The summed E-state index contributed by atoms with van der Waals surface area (Å²) < 4.78 is 9.92. The van der Waals surface area contributed by atoms with E-state index < -0.39 is 23.9 Å². The van der Waals surface area contributed by atoms with Gasteiger partial charge in [0.05, 0.1) is 23.6 Å². The third kappa shape index (κ3) is 4.93. The number of halogens is 1. The van der Waals surface area contributed by atoms with Gasteiger partial charge in [0.2, 0.25) is 0 Å². The zero-order valence-corrected chi connectivity index (χ0v) is 13.4. The minimum atomic E-state index is -0.884.